The molecule has 0 saturated heterocycles. The van der Waals surface area contributed by atoms with E-state index in [0.717, 1.165) is 31.0 Å². The Kier molecular flexibility index (Phi) is 3.65. The van der Waals surface area contributed by atoms with Crippen molar-refractivity contribution in [3.05, 3.63) is 24.0 Å². The topological polar surface area (TPSA) is 50.2 Å². The molecule has 0 aliphatic carbocycles. The molecule has 0 amide bonds. The van der Waals surface area contributed by atoms with Crippen LogP contribution in [0.3, 0.4) is 0 Å². The van der Waals surface area contributed by atoms with E-state index in [1.54, 1.807) is 6.20 Å². The first-order valence-corrected chi connectivity index (χ1v) is 5.49. The first kappa shape index (κ1) is 10.1. The van der Waals surface area contributed by atoms with E-state index in [0.29, 0.717) is 0 Å². The SMILES string of the molecule is c1cnnc(CNC2=NCCCCC2)c1. The average Bonchev–Trinajstić information content (AvgIpc) is 2.56. The van der Waals surface area contributed by atoms with Gasteiger partial charge in [0.2, 0.25) is 0 Å². The van der Waals surface area contributed by atoms with E-state index in [-0.39, 0.29) is 0 Å². The Balaban J connectivity index is 1.84. The van der Waals surface area contributed by atoms with Gasteiger partial charge < -0.3 is 5.32 Å². The van der Waals surface area contributed by atoms with Crippen LogP contribution in [0.5, 0.6) is 0 Å². The molecule has 0 saturated carbocycles. The molecule has 1 aromatic heterocycles. The normalized spacial score (nSPS) is 16.7. The van der Waals surface area contributed by atoms with Crippen LogP contribution in [0.2, 0.25) is 0 Å². The maximum absolute atomic E-state index is 4.50. The van der Waals surface area contributed by atoms with Crippen LogP contribution < -0.4 is 5.32 Å². The van der Waals surface area contributed by atoms with Gasteiger partial charge in [0.1, 0.15) is 0 Å². The Bertz CT molecular complexity index is 321. The standard InChI is InChI=1S/C11H16N4/c1-2-6-11(12-7-3-1)13-9-10-5-4-8-14-15-10/h4-5,8H,1-3,6-7,9H2,(H,12,13). The zero-order valence-corrected chi connectivity index (χ0v) is 8.82. The van der Waals surface area contributed by atoms with Crippen molar-refractivity contribution in [1.29, 1.82) is 0 Å². The summed E-state index contributed by atoms with van der Waals surface area (Å²) in [6.45, 7) is 1.69. The van der Waals surface area contributed by atoms with Gasteiger partial charge in [0, 0.05) is 19.2 Å². The zero-order valence-electron chi connectivity index (χ0n) is 8.82. The van der Waals surface area contributed by atoms with Crippen molar-refractivity contribution in [1.82, 2.24) is 15.5 Å². The fourth-order valence-electron chi connectivity index (χ4n) is 1.64. The number of hydrogen-bond donors (Lipinski definition) is 1. The molecule has 1 aromatic rings. The third kappa shape index (κ3) is 3.31. The van der Waals surface area contributed by atoms with Gasteiger partial charge in [0.15, 0.2) is 0 Å². The highest BCUT2D eigenvalue weighted by atomic mass is 15.1. The lowest BCUT2D eigenvalue weighted by Crippen LogP contribution is -2.23. The summed E-state index contributed by atoms with van der Waals surface area (Å²) in [5.41, 5.74) is 0.962. The van der Waals surface area contributed by atoms with Gasteiger partial charge in [-0.05, 0) is 25.0 Å². The predicted molar refractivity (Wildman–Crippen MR) is 59.6 cm³/mol. The lowest BCUT2D eigenvalue weighted by molar-refractivity contribution is 0.727. The molecule has 15 heavy (non-hydrogen) atoms. The summed E-state index contributed by atoms with van der Waals surface area (Å²) >= 11 is 0. The van der Waals surface area contributed by atoms with Gasteiger partial charge >= 0.3 is 0 Å². The highest BCUT2D eigenvalue weighted by Gasteiger charge is 2.03. The van der Waals surface area contributed by atoms with Crippen molar-refractivity contribution in [3.63, 3.8) is 0 Å². The summed E-state index contributed by atoms with van der Waals surface area (Å²) in [6, 6.07) is 3.87. The first-order chi connectivity index (χ1) is 7.45. The summed E-state index contributed by atoms with van der Waals surface area (Å²) < 4.78 is 0. The number of aromatic nitrogens is 2. The Morgan fingerprint density at radius 1 is 1.27 bits per heavy atom. The highest BCUT2D eigenvalue weighted by molar-refractivity contribution is 5.82. The fourth-order valence-corrected chi connectivity index (χ4v) is 1.64. The minimum absolute atomic E-state index is 0.729. The smallest absolute Gasteiger partial charge is 0.0966 e. The lowest BCUT2D eigenvalue weighted by Gasteiger charge is -2.06. The minimum atomic E-state index is 0.729. The van der Waals surface area contributed by atoms with Crippen LogP contribution in [0.4, 0.5) is 0 Å². The predicted octanol–water partition coefficient (Wildman–Crippen LogP) is 1.54. The quantitative estimate of drug-likeness (QED) is 0.795. The average molecular weight is 204 g/mol. The molecule has 0 bridgehead atoms. The molecule has 2 heterocycles. The van der Waals surface area contributed by atoms with Crippen LogP contribution in [0.15, 0.2) is 23.3 Å². The summed E-state index contributed by atoms with van der Waals surface area (Å²) in [6.07, 6.45) is 6.51. The van der Waals surface area contributed by atoms with E-state index in [9.17, 15) is 0 Å². The van der Waals surface area contributed by atoms with Gasteiger partial charge in [-0.3, -0.25) is 4.99 Å². The molecule has 0 unspecified atom stereocenters. The van der Waals surface area contributed by atoms with Crippen molar-refractivity contribution in [2.45, 2.75) is 32.2 Å². The third-order valence-electron chi connectivity index (χ3n) is 2.48. The van der Waals surface area contributed by atoms with Crippen molar-refractivity contribution < 1.29 is 0 Å². The first-order valence-electron chi connectivity index (χ1n) is 5.49. The molecule has 0 aromatic carbocycles. The molecule has 2 rings (SSSR count). The van der Waals surface area contributed by atoms with Crippen molar-refractivity contribution in [2.24, 2.45) is 4.99 Å². The van der Waals surface area contributed by atoms with Gasteiger partial charge in [-0.2, -0.15) is 10.2 Å². The number of hydrogen-bond acceptors (Lipinski definition) is 4. The Hall–Kier alpha value is -1.45. The van der Waals surface area contributed by atoms with Gasteiger partial charge in [-0.25, -0.2) is 0 Å². The van der Waals surface area contributed by atoms with Crippen LogP contribution in [0, 0.1) is 0 Å². The summed E-state index contributed by atoms with van der Waals surface area (Å²) in [4.78, 5) is 4.50. The maximum Gasteiger partial charge on any atom is 0.0966 e. The highest BCUT2D eigenvalue weighted by Crippen LogP contribution is 2.06. The molecule has 4 nitrogen and oxygen atoms in total. The van der Waals surface area contributed by atoms with Crippen molar-refractivity contribution in [3.8, 4) is 0 Å². The van der Waals surface area contributed by atoms with Crippen LogP contribution in [-0.4, -0.2) is 22.6 Å². The van der Waals surface area contributed by atoms with Crippen LogP contribution in [0.25, 0.3) is 0 Å². The molecular weight excluding hydrogens is 188 g/mol. The summed E-state index contributed by atoms with van der Waals surface area (Å²) in [5, 5.41) is 11.2. The van der Waals surface area contributed by atoms with E-state index in [1.807, 2.05) is 12.1 Å². The third-order valence-corrected chi connectivity index (χ3v) is 2.48. The van der Waals surface area contributed by atoms with Crippen LogP contribution in [0.1, 0.15) is 31.4 Å². The van der Waals surface area contributed by atoms with E-state index >= 15 is 0 Å². The Morgan fingerprint density at radius 3 is 3.13 bits per heavy atom. The minimum Gasteiger partial charge on any atom is -0.368 e. The largest absolute Gasteiger partial charge is 0.368 e. The van der Waals surface area contributed by atoms with Crippen LogP contribution in [-0.2, 0) is 6.54 Å². The molecule has 0 atom stereocenters. The molecule has 1 aliphatic heterocycles. The van der Waals surface area contributed by atoms with Crippen LogP contribution >= 0.6 is 0 Å². The maximum atomic E-state index is 4.50. The fraction of sp³-hybridized carbons (Fsp3) is 0.545. The van der Waals surface area contributed by atoms with Crippen molar-refractivity contribution in [2.75, 3.05) is 6.54 Å². The molecule has 1 N–H and O–H groups in total. The molecule has 0 radical (unpaired) electrons. The van der Waals surface area contributed by atoms with Gasteiger partial charge in [-0.1, -0.05) is 6.42 Å². The second kappa shape index (κ2) is 5.44. The Morgan fingerprint density at radius 2 is 2.27 bits per heavy atom. The van der Waals surface area contributed by atoms with E-state index in [1.165, 1.54) is 19.3 Å². The van der Waals surface area contributed by atoms with E-state index in [4.69, 9.17) is 0 Å². The number of rotatable bonds is 2. The monoisotopic (exact) mass is 204 g/mol. The number of nitrogens with zero attached hydrogens (tertiary/aromatic N) is 3. The number of amidine groups is 1. The van der Waals surface area contributed by atoms with E-state index in [2.05, 4.69) is 20.5 Å². The van der Waals surface area contributed by atoms with Gasteiger partial charge in [-0.15, -0.1) is 0 Å². The molecule has 1 aliphatic rings. The Labute approximate surface area is 89.8 Å². The second-order valence-electron chi connectivity index (χ2n) is 3.71. The molecule has 4 heteroatoms. The number of aliphatic imine (C=N–C) groups is 1. The van der Waals surface area contributed by atoms with E-state index < -0.39 is 0 Å². The zero-order chi connectivity index (χ0) is 10.3. The molecule has 0 spiro atoms. The lowest BCUT2D eigenvalue weighted by atomic mass is 10.2. The molecule has 80 valence electrons. The van der Waals surface area contributed by atoms with Crippen molar-refractivity contribution >= 4 is 5.84 Å². The summed E-state index contributed by atoms with van der Waals surface area (Å²) in [7, 11) is 0. The summed E-state index contributed by atoms with van der Waals surface area (Å²) in [5.74, 6) is 1.12. The van der Waals surface area contributed by atoms with Gasteiger partial charge in [0.25, 0.3) is 0 Å². The van der Waals surface area contributed by atoms with Gasteiger partial charge in [0.05, 0.1) is 18.1 Å². The molecule has 0 fully saturated rings. The second-order valence-corrected chi connectivity index (χ2v) is 3.71. The number of nitrogens with one attached hydrogen (secondary N) is 1. The molecular formula is C11H16N4.